The van der Waals surface area contributed by atoms with Crippen molar-refractivity contribution in [1.29, 1.82) is 0 Å². The molecule has 3 nitrogen and oxygen atoms in total. The quantitative estimate of drug-likeness (QED) is 0.696. The van der Waals surface area contributed by atoms with Gasteiger partial charge in [-0.1, -0.05) is 30.9 Å². The topological polar surface area (TPSA) is 41.5 Å². The zero-order valence-corrected chi connectivity index (χ0v) is 11.3. The van der Waals surface area contributed by atoms with Crippen LogP contribution in [0.2, 0.25) is 0 Å². The van der Waals surface area contributed by atoms with E-state index in [-0.39, 0.29) is 12.1 Å². The number of hydrogen-bond acceptors (Lipinski definition) is 3. The van der Waals surface area contributed by atoms with Crippen LogP contribution in [0.1, 0.15) is 25.8 Å². The van der Waals surface area contributed by atoms with Gasteiger partial charge in [0.2, 0.25) is 0 Å². The summed E-state index contributed by atoms with van der Waals surface area (Å²) in [4.78, 5) is 0. The lowest BCUT2D eigenvalue weighted by Gasteiger charge is -2.26. The van der Waals surface area contributed by atoms with Crippen LogP contribution in [0.5, 0.6) is 5.75 Å². The Kier molecular flexibility index (Phi) is 5.89. The number of nitrogens with one attached hydrogen (secondary N) is 1. The summed E-state index contributed by atoms with van der Waals surface area (Å²) >= 11 is 0. The van der Waals surface area contributed by atoms with Gasteiger partial charge in [0, 0.05) is 24.3 Å². The molecule has 18 heavy (non-hydrogen) atoms. The third-order valence-corrected chi connectivity index (χ3v) is 2.82. The van der Waals surface area contributed by atoms with E-state index in [2.05, 4.69) is 25.7 Å². The predicted molar refractivity (Wildman–Crippen MR) is 74.8 cm³/mol. The van der Waals surface area contributed by atoms with Crippen molar-refractivity contribution in [2.24, 2.45) is 0 Å². The summed E-state index contributed by atoms with van der Waals surface area (Å²) < 4.78 is 5.60. The number of aliphatic hydroxyl groups excluding tert-OH is 1. The van der Waals surface area contributed by atoms with Crippen LogP contribution in [0, 0.1) is 0 Å². The van der Waals surface area contributed by atoms with Crippen molar-refractivity contribution >= 4 is 0 Å². The van der Waals surface area contributed by atoms with E-state index in [4.69, 9.17) is 9.84 Å². The van der Waals surface area contributed by atoms with Gasteiger partial charge in [0.15, 0.2) is 0 Å². The summed E-state index contributed by atoms with van der Waals surface area (Å²) in [5.74, 6) is 0.879. The van der Waals surface area contributed by atoms with E-state index in [1.54, 1.807) is 6.08 Å². The van der Waals surface area contributed by atoms with Gasteiger partial charge in [-0.05, 0) is 26.3 Å². The molecule has 0 heterocycles. The fourth-order valence-electron chi connectivity index (χ4n) is 1.64. The standard InChI is InChI=1S/C15H23NO2/c1-4-11-18-14-8-6-5-7-13(14)12-16-15(2,3)9-10-17/h4-8,16-17H,1,9-12H2,2-3H3. The molecule has 0 bridgehead atoms. The lowest BCUT2D eigenvalue weighted by molar-refractivity contribution is 0.229. The second-order valence-electron chi connectivity index (χ2n) is 4.92. The fourth-order valence-corrected chi connectivity index (χ4v) is 1.64. The molecular formula is C15H23NO2. The highest BCUT2D eigenvalue weighted by Gasteiger charge is 2.16. The minimum absolute atomic E-state index is 0.0830. The van der Waals surface area contributed by atoms with Crippen LogP contribution in [0.3, 0.4) is 0 Å². The van der Waals surface area contributed by atoms with Crippen molar-refractivity contribution in [2.75, 3.05) is 13.2 Å². The average molecular weight is 249 g/mol. The predicted octanol–water partition coefficient (Wildman–Crippen LogP) is 2.50. The van der Waals surface area contributed by atoms with Gasteiger partial charge in [0.1, 0.15) is 12.4 Å². The smallest absolute Gasteiger partial charge is 0.124 e. The van der Waals surface area contributed by atoms with Gasteiger partial charge in [-0.2, -0.15) is 0 Å². The molecule has 0 unspecified atom stereocenters. The molecule has 0 radical (unpaired) electrons. The molecule has 0 amide bonds. The van der Waals surface area contributed by atoms with Gasteiger partial charge < -0.3 is 15.2 Å². The maximum Gasteiger partial charge on any atom is 0.124 e. The summed E-state index contributed by atoms with van der Waals surface area (Å²) in [7, 11) is 0. The number of rotatable bonds is 8. The Bertz CT molecular complexity index is 375. The van der Waals surface area contributed by atoms with Crippen LogP contribution in [0.25, 0.3) is 0 Å². The number of aliphatic hydroxyl groups is 1. The number of benzene rings is 1. The second-order valence-corrected chi connectivity index (χ2v) is 4.92. The molecule has 2 N–H and O–H groups in total. The summed E-state index contributed by atoms with van der Waals surface area (Å²) in [6, 6.07) is 7.96. The minimum Gasteiger partial charge on any atom is -0.489 e. The maximum atomic E-state index is 8.99. The van der Waals surface area contributed by atoms with Gasteiger partial charge in [0.05, 0.1) is 0 Å². The Hall–Kier alpha value is -1.32. The fraction of sp³-hybridized carbons (Fsp3) is 0.467. The van der Waals surface area contributed by atoms with E-state index in [0.717, 1.165) is 24.3 Å². The largest absolute Gasteiger partial charge is 0.489 e. The third-order valence-electron chi connectivity index (χ3n) is 2.82. The number of para-hydroxylation sites is 1. The molecule has 3 heteroatoms. The molecule has 0 aromatic heterocycles. The molecule has 0 fully saturated rings. The molecule has 0 saturated carbocycles. The van der Waals surface area contributed by atoms with Crippen molar-refractivity contribution in [3.8, 4) is 5.75 Å². The van der Waals surface area contributed by atoms with E-state index in [1.165, 1.54) is 0 Å². The molecule has 0 spiro atoms. The first-order valence-corrected chi connectivity index (χ1v) is 6.26. The van der Waals surface area contributed by atoms with Crippen LogP contribution in [0.15, 0.2) is 36.9 Å². The molecule has 1 rings (SSSR count). The maximum absolute atomic E-state index is 8.99. The zero-order valence-electron chi connectivity index (χ0n) is 11.3. The number of ether oxygens (including phenoxy) is 1. The SMILES string of the molecule is C=CCOc1ccccc1CNC(C)(C)CCO. The van der Waals surface area contributed by atoms with Crippen LogP contribution in [-0.2, 0) is 6.54 Å². The van der Waals surface area contributed by atoms with Gasteiger partial charge in [-0.15, -0.1) is 0 Å². The van der Waals surface area contributed by atoms with Crippen LogP contribution >= 0.6 is 0 Å². The molecule has 0 aliphatic carbocycles. The van der Waals surface area contributed by atoms with Gasteiger partial charge in [-0.3, -0.25) is 0 Å². The van der Waals surface area contributed by atoms with Crippen LogP contribution in [0.4, 0.5) is 0 Å². The van der Waals surface area contributed by atoms with Crippen molar-refractivity contribution in [3.05, 3.63) is 42.5 Å². The monoisotopic (exact) mass is 249 g/mol. The Morgan fingerprint density at radius 2 is 2.11 bits per heavy atom. The average Bonchev–Trinajstić information content (AvgIpc) is 2.35. The summed E-state index contributed by atoms with van der Waals surface area (Å²) in [5, 5.41) is 12.4. The molecular weight excluding hydrogens is 226 g/mol. The van der Waals surface area contributed by atoms with Crippen molar-refractivity contribution in [3.63, 3.8) is 0 Å². The summed E-state index contributed by atoms with van der Waals surface area (Å²) in [5.41, 5.74) is 1.03. The first-order valence-electron chi connectivity index (χ1n) is 6.26. The molecule has 1 aromatic rings. The normalized spacial score (nSPS) is 11.3. The Balaban J connectivity index is 2.63. The van der Waals surface area contributed by atoms with E-state index in [1.807, 2.05) is 24.3 Å². The third kappa shape index (κ3) is 4.90. The van der Waals surface area contributed by atoms with E-state index in [0.29, 0.717) is 6.61 Å². The van der Waals surface area contributed by atoms with Crippen molar-refractivity contribution in [2.45, 2.75) is 32.4 Å². The van der Waals surface area contributed by atoms with E-state index in [9.17, 15) is 0 Å². The van der Waals surface area contributed by atoms with Gasteiger partial charge in [-0.25, -0.2) is 0 Å². The minimum atomic E-state index is -0.0830. The van der Waals surface area contributed by atoms with E-state index < -0.39 is 0 Å². The molecule has 0 atom stereocenters. The Morgan fingerprint density at radius 1 is 1.39 bits per heavy atom. The Morgan fingerprint density at radius 3 is 2.78 bits per heavy atom. The summed E-state index contributed by atoms with van der Waals surface area (Å²) in [6.07, 6.45) is 2.46. The number of hydrogen-bond donors (Lipinski definition) is 2. The van der Waals surface area contributed by atoms with Gasteiger partial charge >= 0.3 is 0 Å². The van der Waals surface area contributed by atoms with Crippen molar-refractivity contribution in [1.82, 2.24) is 5.32 Å². The molecule has 100 valence electrons. The van der Waals surface area contributed by atoms with E-state index >= 15 is 0 Å². The second kappa shape index (κ2) is 7.19. The first kappa shape index (κ1) is 14.7. The highest BCUT2D eigenvalue weighted by Crippen LogP contribution is 2.19. The molecule has 1 aromatic carbocycles. The van der Waals surface area contributed by atoms with Gasteiger partial charge in [0.25, 0.3) is 0 Å². The highest BCUT2D eigenvalue weighted by atomic mass is 16.5. The molecule has 0 aliphatic rings. The summed E-state index contributed by atoms with van der Waals surface area (Å²) in [6.45, 7) is 9.23. The zero-order chi connectivity index (χ0) is 13.4. The molecule has 0 aliphatic heterocycles. The van der Waals surface area contributed by atoms with Crippen LogP contribution < -0.4 is 10.1 Å². The highest BCUT2D eigenvalue weighted by molar-refractivity contribution is 5.33. The molecule has 0 saturated heterocycles. The first-order chi connectivity index (χ1) is 8.59. The lowest BCUT2D eigenvalue weighted by atomic mass is 10.0. The van der Waals surface area contributed by atoms with Crippen LogP contribution in [-0.4, -0.2) is 23.9 Å². The van der Waals surface area contributed by atoms with Crippen molar-refractivity contribution < 1.29 is 9.84 Å². The Labute approximate surface area is 109 Å². The lowest BCUT2D eigenvalue weighted by Crippen LogP contribution is -2.39.